The third kappa shape index (κ3) is 3.38. The maximum absolute atomic E-state index is 11.5. The van der Waals surface area contributed by atoms with Crippen LogP contribution in [-0.4, -0.2) is 30.3 Å². The molecule has 2 saturated carbocycles. The molecule has 4 heteroatoms. The summed E-state index contributed by atoms with van der Waals surface area (Å²) in [6.07, 6.45) is 5.73. The van der Waals surface area contributed by atoms with E-state index in [1.165, 1.54) is 25.7 Å². The smallest absolute Gasteiger partial charge is 0.315 e. The molecule has 0 radical (unpaired) electrons. The number of aliphatic hydroxyl groups is 1. The molecule has 0 aromatic rings. The predicted octanol–water partition coefficient (Wildman–Crippen LogP) is 0.857. The molecule has 0 aromatic heterocycles. The standard InChI is InChI=1S/C11H20N2O2/c14-7-1-6-12-11(15)13-10(8-2-3-8)9-4-5-9/h8-10,14H,1-7H2,(H2,12,13,15). The quantitative estimate of drug-likeness (QED) is 0.572. The summed E-state index contributed by atoms with van der Waals surface area (Å²) in [6, 6.07) is 0.353. The Morgan fingerprint density at radius 1 is 1.27 bits per heavy atom. The van der Waals surface area contributed by atoms with Crippen molar-refractivity contribution in [2.45, 2.75) is 38.1 Å². The van der Waals surface area contributed by atoms with Crippen LogP contribution in [0.5, 0.6) is 0 Å². The highest BCUT2D eigenvalue weighted by molar-refractivity contribution is 5.74. The van der Waals surface area contributed by atoms with E-state index in [0.29, 0.717) is 19.0 Å². The second-order valence-corrected chi connectivity index (χ2v) is 4.68. The fourth-order valence-electron chi connectivity index (χ4n) is 2.01. The van der Waals surface area contributed by atoms with E-state index in [0.717, 1.165) is 11.8 Å². The summed E-state index contributed by atoms with van der Waals surface area (Å²) in [5.74, 6) is 1.47. The van der Waals surface area contributed by atoms with Crippen molar-refractivity contribution in [3.05, 3.63) is 0 Å². The summed E-state index contributed by atoms with van der Waals surface area (Å²) in [6.45, 7) is 0.694. The van der Waals surface area contributed by atoms with Gasteiger partial charge in [-0.25, -0.2) is 4.79 Å². The lowest BCUT2D eigenvalue weighted by Gasteiger charge is -2.17. The van der Waals surface area contributed by atoms with Crippen LogP contribution in [0.25, 0.3) is 0 Å². The Morgan fingerprint density at radius 2 is 1.87 bits per heavy atom. The van der Waals surface area contributed by atoms with Gasteiger partial charge in [-0.15, -0.1) is 0 Å². The van der Waals surface area contributed by atoms with Crippen LogP contribution in [0.15, 0.2) is 0 Å². The average molecular weight is 212 g/mol. The van der Waals surface area contributed by atoms with Crippen molar-refractivity contribution in [2.24, 2.45) is 11.8 Å². The number of aliphatic hydroxyl groups excluding tert-OH is 1. The number of hydrogen-bond acceptors (Lipinski definition) is 2. The zero-order valence-electron chi connectivity index (χ0n) is 9.04. The van der Waals surface area contributed by atoms with Crippen molar-refractivity contribution >= 4 is 6.03 Å². The minimum Gasteiger partial charge on any atom is -0.396 e. The zero-order valence-corrected chi connectivity index (χ0v) is 9.04. The molecule has 4 nitrogen and oxygen atoms in total. The van der Waals surface area contributed by atoms with Crippen LogP contribution >= 0.6 is 0 Å². The molecule has 3 N–H and O–H groups in total. The molecule has 2 amide bonds. The molecular weight excluding hydrogens is 192 g/mol. The van der Waals surface area contributed by atoms with E-state index in [1.807, 2.05) is 0 Å². The predicted molar refractivity (Wildman–Crippen MR) is 57.5 cm³/mol. The maximum atomic E-state index is 11.5. The number of hydrogen-bond donors (Lipinski definition) is 3. The lowest BCUT2D eigenvalue weighted by Crippen LogP contribution is -2.44. The van der Waals surface area contributed by atoms with Crippen molar-refractivity contribution in [3.63, 3.8) is 0 Å². The van der Waals surface area contributed by atoms with Crippen molar-refractivity contribution in [1.29, 1.82) is 0 Å². The summed E-state index contributed by atoms with van der Waals surface area (Å²) in [5.41, 5.74) is 0. The van der Waals surface area contributed by atoms with Gasteiger partial charge in [0.1, 0.15) is 0 Å². The van der Waals surface area contributed by atoms with Crippen LogP contribution in [0.3, 0.4) is 0 Å². The molecular formula is C11H20N2O2. The monoisotopic (exact) mass is 212 g/mol. The maximum Gasteiger partial charge on any atom is 0.315 e. The summed E-state index contributed by atoms with van der Waals surface area (Å²) >= 11 is 0. The van der Waals surface area contributed by atoms with Gasteiger partial charge >= 0.3 is 6.03 Å². The Balaban J connectivity index is 1.66. The van der Waals surface area contributed by atoms with Crippen molar-refractivity contribution in [2.75, 3.05) is 13.2 Å². The second-order valence-electron chi connectivity index (χ2n) is 4.68. The fourth-order valence-corrected chi connectivity index (χ4v) is 2.01. The van der Waals surface area contributed by atoms with Crippen molar-refractivity contribution in [3.8, 4) is 0 Å². The second kappa shape index (κ2) is 4.84. The molecule has 0 aromatic carbocycles. The first-order valence-electron chi connectivity index (χ1n) is 5.96. The molecule has 0 heterocycles. The number of urea groups is 1. The van der Waals surface area contributed by atoms with E-state index in [4.69, 9.17) is 5.11 Å². The van der Waals surface area contributed by atoms with Crippen LogP contribution < -0.4 is 10.6 Å². The molecule has 2 fully saturated rings. The van der Waals surface area contributed by atoms with Gasteiger partial charge in [0.15, 0.2) is 0 Å². The third-order valence-corrected chi connectivity index (χ3v) is 3.18. The molecule has 0 atom stereocenters. The van der Waals surface area contributed by atoms with Gasteiger partial charge in [-0.3, -0.25) is 0 Å². The van der Waals surface area contributed by atoms with E-state index in [2.05, 4.69) is 10.6 Å². The molecule has 86 valence electrons. The minimum atomic E-state index is -0.0627. The van der Waals surface area contributed by atoms with Crippen LogP contribution in [-0.2, 0) is 0 Å². The first-order valence-corrected chi connectivity index (χ1v) is 5.96. The highest BCUT2D eigenvalue weighted by atomic mass is 16.3. The van der Waals surface area contributed by atoms with E-state index in [1.54, 1.807) is 0 Å². The van der Waals surface area contributed by atoms with Crippen LogP contribution in [0.1, 0.15) is 32.1 Å². The minimum absolute atomic E-state index is 0.0627. The SMILES string of the molecule is O=C(NCCCO)NC(C1CC1)C1CC1. The van der Waals surface area contributed by atoms with E-state index in [-0.39, 0.29) is 12.6 Å². The average Bonchev–Trinajstić information content (AvgIpc) is 3.05. The number of nitrogens with one attached hydrogen (secondary N) is 2. The van der Waals surface area contributed by atoms with Crippen LogP contribution in [0.4, 0.5) is 4.79 Å². The number of amides is 2. The third-order valence-electron chi connectivity index (χ3n) is 3.18. The molecule has 0 saturated heterocycles. The molecule has 2 rings (SSSR count). The van der Waals surface area contributed by atoms with Crippen LogP contribution in [0, 0.1) is 11.8 Å². The van der Waals surface area contributed by atoms with Gasteiger partial charge in [-0.2, -0.15) is 0 Å². The molecule has 0 unspecified atom stereocenters. The van der Waals surface area contributed by atoms with Gasteiger partial charge in [-0.1, -0.05) is 0 Å². The topological polar surface area (TPSA) is 61.4 Å². The Hall–Kier alpha value is -0.770. The number of carbonyl (C=O) groups is 1. The number of rotatable bonds is 6. The summed E-state index contributed by atoms with van der Waals surface area (Å²) < 4.78 is 0. The molecule has 0 aliphatic heterocycles. The Labute approximate surface area is 90.4 Å². The van der Waals surface area contributed by atoms with E-state index >= 15 is 0 Å². The largest absolute Gasteiger partial charge is 0.396 e. The van der Waals surface area contributed by atoms with E-state index < -0.39 is 0 Å². The highest BCUT2D eigenvalue weighted by Crippen LogP contribution is 2.44. The first kappa shape index (κ1) is 10.7. The molecule has 15 heavy (non-hydrogen) atoms. The molecule has 0 spiro atoms. The summed E-state index contributed by atoms with van der Waals surface area (Å²) in [7, 11) is 0. The number of carbonyl (C=O) groups excluding carboxylic acids is 1. The van der Waals surface area contributed by atoms with Crippen LogP contribution in [0.2, 0.25) is 0 Å². The summed E-state index contributed by atoms with van der Waals surface area (Å²) in [4.78, 5) is 11.5. The van der Waals surface area contributed by atoms with Crippen molar-refractivity contribution in [1.82, 2.24) is 10.6 Å². The van der Waals surface area contributed by atoms with Gasteiger partial charge in [0.25, 0.3) is 0 Å². The lowest BCUT2D eigenvalue weighted by atomic mass is 10.1. The Morgan fingerprint density at radius 3 is 2.33 bits per heavy atom. The van der Waals surface area contributed by atoms with Gasteiger partial charge in [0.2, 0.25) is 0 Å². The van der Waals surface area contributed by atoms with E-state index in [9.17, 15) is 4.79 Å². The van der Waals surface area contributed by atoms with Gasteiger partial charge in [-0.05, 0) is 43.9 Å². The highest BCUT2D eigenvalue weighted by Gasteiger charge is 2.42. The first-order chi connectivity index (χ1) is 7.31. The van der Waals surface area contributed by atoms with Gasteiger partial charge in [0, 0.05) is 19.2 Å². The molecule has 2 aliphatic rings. The Bertz CT molecular complexity index is 213. The van der Waals surface area contributed by atoms with Gasteiger partial charge in [0.05, 0.1) is 0 Å². The summed E-state index contributed by atoms with van der Waals surface area (Å²) in [5, 5.41) is 14.4. The lowest BCUT2D eigenvalue weighted by molar-refractivity contribution is 0.231. The van der Waals surface area contributed by atoms with Gasteiger partial charge < -0.3 is 15.7 Å². The zero-order chi connectivity index (χ0) is 10.7. The Kier molecular flexibility index (Phi) is 3.46. The molecule has 0 bridgehead atoms. The van der Waals surface area contributed by atoms with Crippen molar-refractivity contribution < 1.29 is 9.90 Å². The normalized spacial score (nSPS) is 20.4. The molecule has 2 aliphatic carbocycles. The fraction of sp³-hybridized carbons (Fsp3) is 0.909.